The van der Waals surface area contributed by atoms with Gasteiger partial charge in [-0.2, -0.15) is 0 Å². The van der Waals surface area contributed by atoms with Crippen LogP contribution in [0, 0.1) is 0 Å². The molecule has 1 aliphatic heterocycles. The molecule has 0 fully saturated rings. The van der Waals surface area contributed by atoms with Gasteiger partial charge in [-0.3, -0.25) is 4.90 Å². The van der Waals surface area contributed by atoms with Gasteiger partial charge in [-0.05, 0) is 6.07 Å². The van der Waals surface area contributed by atoms with E-state index in [-0.39, 0.29) is 35.2 Å². The standard InChI is InChI=1S/C12H12N2O6S/c1-2-4-20-12(17)14-3-5-21(18,19)10-9(14)6-8(7-13-10)11(15)16/h2,6-7H,1,3-5H2,(H,15,16). The smallest absolute Gasteiger partial charge is 0.414 e. The molecule has 1 aromatic rings. The molecule has 0 saturated carbocycles. The van der Waals surface area contributed by atoms with Gasteiger partial charge in [0, 0.05) is 12.7 Å². The number of sulfone groups is 1. The van der Waals surface area contributed by atoms with Gasteiger partial charge in [-0.15, -0.1) is 0 Å². The Bertz CT molecular complexity index is 712. The van der Waals surface area contributed by atoms with E-state index in [1.165, 1.54) is 6.08 Å². The molecule has 0 bridgehead atoms. The topological polar surface area (TPSA) is 114 Å². The van der Waals surface area contributed by atoms with Gasteiger partial charge in [-0.1, -0.05) is 12.7 Å². The van der Waals surface area contributed by atoms with Gasteiger partial charge >= 0.3 is 12.1 Å². The lowest BCUT2D eigenvalue weighted by molar-refractivity contribution is 0.0696. The number of carbonyl (C=O) groups is 2. The van der Waals surface area contributed by atoms with Gasteiger partial charge in [0.1, 0.15) is 6.61 Å². The largest absolute Gasteiger partial charge is 0.478 e. The quantitative estimate of drug-likeness (QED) is 0.817. The molecule has 0 spiro atoms. The highest BCUT2D eigenvalue weighted by Gasteiger charge is 2.34. The molecule has 0 unspecified atom stereocenters. The first-order valence-corrected chi connectivity index (χ1v) is 7.53. The molecule has 21 heavy (non-hydrogen) atoms. The maximum atomic E-state index is 11.9. The van der Waals surface area contributed by atoms with Crippen LogP contribution in [0.1, 0.15) is 10.4 Å². The molecule has 1 N–H and O–H groups in total. The summed E-state index contributed by atoms with van der Waals surface area (Å²) in [5.41, 5.74) is -0.303. The predicted octanol–water partition coefficient (Wildman–Crippen LogP) is 0.696. The number of carbonyl (C=O) groups excluding carboxylic acids is 1. The van der Waals surface area contributed by atoms with Crippen molar-refractivity contribution in [3.8, 4) is 0 Å². The number of pyridine rings is 1. The van der Waals surface area contributed by atoms with Crippen LogP contribution in [0.3, 0.4) is 0 Å². The fraction of sp³-hybridized carbons (Fsp3) is 0.250. The van der Waals surface area contributed by atoms with Crippen LogP contribution in [0.5, 0.6) is 0 Å². The summed E-state index contributed by atoms with van der Waals surface area (Å²) in [5, 5.41) is 8.62. The Morgan fingerprint density at radius 2 is 2.24 bits per heavy atom. The highest BCUT2D eigenvalue weighted by atomic mass is 32.2. The highest BCUT2D eigenvalue weighted by Crippen LogP contribution is 2.30. The summed E-state index contributed by atoms with van der Waals surface area (Å²) < 4.78 is 28.7. The van der Waals surface area contributed by atoms with Crippen molar-refractivity contribution in [1.29, 1.82) is 0 Å². The van der Waals surface area contributed by atoms with E-state index in [1.807, 2.05) is 0 Å². The molecule has 2 heterocycles. The average Bonchev–Trinajstić information content (AvgIpc) is 2.44. The van der Waals surface area contributed by atoms with E-state index in [9.17, 15) is 18.0 Å². The third kappa shape index (κ3) is 2.87. The van der Waals surface area contributed by atoms with Crippen molar-refractivity contribution in [3.63, 3.8) is 0 Å². The molecule has 8 nitrogen and oxygen atoms in total. The predicted molar refractivity (Wildman–Crippen MR) is 72.1 cm³/mol. The van der Waals surface area contributed by atoms with E-state index in [0.717, 1.165) is 17.2 Å². The lowest BCUT2D eigenvalue weighted by Crippen LogP contribution is -2.40. The van der Waals surface area contributed by atoms with Crippen molar-refractivity contribution < 1.29 is 27.9 Å². The van der Waals surface area contributed by atoms with Crippen LogP contribution >= 0.6 is 0 Å². The highest BCUT2D eigenvalue weighted by molar-refractivity contribution is 7.91. The van der Waals surface area contributed by atoms with Crippen molar-refractivity contribution >= 4 is 27.6 Å². The second-order valence-corrected chi connectivity index (χ2v) is 6.21. The first-order chi connectivity index (χ1) is 9.86. The Morgan fingerprint density at radius 3 is 2.86 bits per heavy atom. The Balaban J connectivity index is 2.50. The molecule has 0 radical (unpaired) electrons. The zero-order valence-corrected chi connectivity index (χ0v) is 11.7. The molecular formula is C12H12N2O6S. The van der Waals surface area contributed by atoms with Gasteiger partial charge in [0.15, 0.2) is 14.9 Å². The Morgan fingerprint density at radius 1 is 1.52 bits per heavy atom. The number of ether oxygens (including phenoxy) is 1. The zero-order valence-electron chi connectivity index (χ0n) is 10.9. The van der Waals surface area contributed by atoms with Gasteiger partial charge in [-0.25, -0.2) is 23.0 Å². The minimum absolute atomic E-state index is 0.0382. The van der Waals surface area contributed by atoms with E-state index in [4.69, 9.17) is 9.84 Å². The summed E-state index contributed by atoms with van der Waals surface area (Å²) in [7, 11) is -3.65. The number of hydrogen-bond donors (Lipinski definition) is 1. The van der Waals surface area contributed by atoms with E-state index >= 15 is 0 Å². The molecule has 112 valence electrons. The fourth-order valence-electron chi connectivity index (χ4n) is 1.82. The van der Waals surface area contributed by atoms with Crippen LogP contribution in [0.4, 0.5) is 10.5 Å². The second kappa shape index (κ2) is 5.52. The van der Waals surface area contributed by atoms with Crippen LogP contribution in [0.15, 0.2) is 29.9 Å². The van der Waals surface area contributed by atoms with E-state index in [1.54, 1.807) is 0 Å². The monoisotopic (exact) mass is 312 g/mol. The molecule has 1 aromatic heterocycles. The molecule has 9 heteroatoms. The van der Waals surface area contributed by atoms with Gasteiger partial charge in [0.2, 0.25) is 0 Å². The third-order valence-electron chi connectivity index (χ3n) is 2.79. The number of nitrogens with zero attached hydrogens (tertiary/aromatic N) is 2. The number of amides is 1. The lowest BCUT2D eigenvalue weighted by Gasteiger charge is -2.27. The molecule has 0 atom stereocenters. The maximum absolute atomic E-state index is 11.9. The summed E-state index contributed by atoms with van der Waals surface area (Å²) in [4.78, 5) is 27.6. The number of rotatable bonds is 3. The summed E-state index contributed by atoms with van der Waals surface area (Å²) >= 11 is 0. The molecule has 0 aliphatic carbocycles. The number of carboxylic acids is 1. The molecule has 0 aromatic carbocycles. The number of aromatic carboxylic acids is 1. The van der Waals surface area contributed by atoms with Crippen LogP contribution in [0.25, 0.3) is 0 Å². The number of anilines is 1. The van der Waals surface area contributed by atoms with Crippen molar-refractivity contribution in [2.24, 2.45) is 0 Å². The van der Waals surface area contributed by atoms with E-state index in [2.05, 4.69) is 11.6 Å². The van der Waals surface area contributed by atoms with Crippen LogP contribution in [-0.4, -0.2) is 49.5 Å². The van der Waals surface area contributed by atoms with Gasteiger partial charge < -0.3 is 9.84 Å². The summed E-state index contributed by atoms with van der Waals surface area (Å²) in [6.07, 6.45) is 1.53. The number of hydrogen-bond acceptors (Lipinski definition) is 6. The minimum atomic E-state index is -3.65. The van der Waals surface area contributed by atoms with Crippen molar-refractivity contribution in [2.45, 2.75) is 5.03 Å². The Kier molecular flexibility index (Phi) is 3.94. The second-order valence-electron chi connectivity index (χ2n) is 4.19. The number of fused-ring (bicyclic) bond motifs is 1. The third-order valence-corrected chi connectivity index (χ3v) is 4.42. The van der Waals surface area contributed by atoms with Gasteiger partial charge in [0.05, 0.1) is 17.0 Å². The maximum Gasteiger partial charge on any atom is 0.414 e. The molecule has 1 amide bonds. The molecule has 0 saturated heterocycles. The summed E-state index contributed by atoms with van der Waals surface area (Å²) in [5.74, 6) is -1.57. The Labute approximate surface area is 120 Å². The molecule has 2 rings (SSSR count). The first kappa shape index (κ1) is 15.0. The average molecular weight is 312 g/mol. The molecular weight excluding hydrogens is 300 g/mol. The van der Waals surface area contributed by atoms with E-state index < -0.39 is 21.9 Å². The summed E-state index contributed by atoms with van der Waals surface area (Å²) in [6, 6.07) is 1.09. The Hall–Kier alpha value is -2.42. The number of aromatic nitrogens is 1. The van der Waals surface area contributed by atoms with Crippen LogP contribution in [0.2, 0.25) is 0 Å². The van der Waals surface area contributed by atoms with E-state index in [0.29, 0.717) is 0 Å². The van der Waals surface area contributed by atoms with Crippen molar-refractivity contribution in [2.75, 3.05) is 23.8 Å². The summed E-state index contributed by atoms with van der Waals surface area (Å²) in [6.45, 7) is 3.23. The van der Waals surface area contributed by atoms with Crippen molar-refractivity contribution in [3.05, 3.63) is 30.5 Å². The number of carboxylic acid groups (broad SMARTS) is 1. The normalized spacial score (nSPS) is 15.9. The van der Waals surface area contributed by atoms with Crippen molar-refractivity contribution in [1.82, 2.24) is 4.98 Å². The zero-order chi connectivity index (χ0) is 15.6. The van der Waals surface area contributed by atoms with Crippen LogP contribution < -0.4 is 4.90 Å². The molecule has 1 aliphatic rings. The SMILES string of the molecule is C=CCOC(=O)N1CCS(=O)(=O)c2ncc(C(=O)O)cc21. The van der Waals surface area contributed by atoms with Gasteiger partial charge in [0.25, 0.3) is 0 Å². The van der Waals surface area contributed by atoms with Crippen LogP contribution in [-0.2, 0) is 14.6 Å². The minimum Gasteiger partial charge on any atom is -0.478 e. The first-order valence-electron chi connectivity index (χ1n) is 5.88. The fourth-order valence-corrected chi connectivity index (χ4v) is 3.13. The lowest BCUT2D eigenvalue weighted by atomic mass is 10.2.